The van der Waals surface area contributed by atoms with E-state index in [0.29, 0.717) is 0 Å². The van der Waals surface area contributed by atoms with Gasteiger partial charge in [-0.1, -0.05) is 140 Å². The molecule has 4 aromatic carbocycles. The van der Waals surface area contributed by atoms with Gasteiger partial charge in [0.1, 0.15) is 0 Å². The van der Waals surface area contributed by atoms with Crippen molar-refractivity contribution in [3.63, 3.8) is 0 Å². The Morgan fingerprint density at radius 2 is 0.969 bits per heavy atom. The Morgan fingerprint density at radius 3 is 1.34 bits per heavy atom. The predicted octanol–water partition coefficient (Wildman–Crippen LogP) is 8.50. The molecule has 0 amide bonds. The maximum absolute atomic E-state index is 13.9. The van der Waals surface area contributed by atoms with Gasteiger partial charge in [0.05, 0.1) is 9.65 Å². The Hall–Kier alpha value is -2.49. The van der Waals surface area contributed by atoms with E-state index in [2.05, 4.69) is 82.1 Å². The van der Waals surface area contributed by atoms with Crippen LogP contribution in [-0.2, 0) is 0 Å². The molecule has 0 bridgehead atoms. The number of alkyl halides is 2. The summed E-state index contributed by atoms with van der Waals surface area (Å²) in [6.07, 6.45) is 0. The Balaban J connectivity index is 1.81. The van der Waals surface area contributed by atoms with E-state index in [-0.39, 0.29) is 15.4 Å². The molecule has 0 spiro atoms. The molecule has 0 aliphatic carbocycles. The Labute approximate surface area is 206 Å². The van der Waals surface area contributed by atoms with Gasteiger partial charge in [-0.3, -0.25) is 4.79 Å². The topological polar surface area (TPSA) is 17.1 Å². The standard InChI is InChI=1S/C29H24Br2O/c1-19-13-15-23(25(17-19)27(30)21-9-5-3-6-10-21)29(32)24-16-14-20(2)18-26(24)28(31)22-11-7-4-8-12-22/h3-18,27-28H,1-2H3. The minimum atomic E-state index is -0.0645. The number of benzene rings is 4. The van der Waals surface area contributed by atoms with Crippen LogP contribution >= 0.6 is 31.9 Å². The Bertz CT molecular complexity index is 1140. The zero-order chi connectivity index (χ0) is 22.7. The van der Waals surface area contributed by atoms with Crippen molar-refractivity contribution in [3.05, 3.63) is 142 Å². The molecule has 2 unspecified atom stereocenters. The van der Waals surface area contributed by atoms with Gasteiger partial charge < -0.3 is 0 Å². The lowest BCUT2D eigenvalue weighted by Crippen LogP contribution is -2.11. The maximum Gasteiger partial charge on any atom is 0.193 e. The molecular weight excluding hydrogens is 524 g/mol. The average molecular weight is 548 g/mol. The molecule has 4 rings (SSSR count). The van der Waals surface area contributed by atoms with Crippen molar-refractivity contribution < 1.29 is 4.79 Å². The summed E-state index contributed by atoms with van der Waals surface area (Å²) in [5.41, 5.74) is 7.92. The smallest absolute Gasteiger partial charge is 0.193 e. The van der Waals surface area contributed by atoms with Gasteiger partial charge in [-0.15, -0.1) is 0 Å². The highest BCUT2D eigenvalue weighted by Crippen LogP contribution is 2.37. The first-order valence-electron chi connectivity index (χ1n) is 10.6. The summed E-state index contributed by atoms with van der Waals surface area (Å²) < 4.78 is 0. The van der Waals surface area contributed by atoms with E-state index < -0.39 is 0 Å². The molecule has 0 fully saturated rings. The van der Waals surface area contributed by atoms with E-state index in [1.807, 2.05) is 60.7 Å². The van der Waals surface area contributed by atoms with Gasteiger partial charge in [-0.25, -0.2) is 0 Å². The van der Waals surface area contributed by atoms with Crippen molar-refractivity contribution in [2.75, 3.05) is 0 Å². The third-order valence-corrected chi connectivity index (χ3v) is 7.68. The van der Waals surface area contributed by atoms with Gasteiger partial charge in [-0.2, -0.15) is 0 Å². The largest absolute Gasteiger partial charge is 0.289 e. The summed E-state index contributed by atoms with van der Waals surface area (Å²) >= 11 is 7.71. The van der Waals surface area contributed by atoms with Crippen molar-refractivity contribution in [1.29, 1.82) is 0 Å². The van der Waals surface area contributed by atoms with Crippen LogP contribution < -0.4 is 0 Å². The molecular formula is C29H24Br2O. The van der Waals surface area contributed by atoms with Crippen molar-refractivity contribution in [2.24, 2.45) is 0 Å². The second kappa shape index (κ2) is 9.97. The van der Waals surface area contributed by atoms with Crippen molar-refractivity contribution in [2.45, 2.75) is 23.5 Å². The summed E-state index contributed by atoms with van der Waals surface area (Å²) in [5, 5.41) is 0. The molecule has 0 saturated carbocycles. The van der Waals surface area contributed by atoms with Gasteiger partial charge >= 0.3 is 0 Å². The van der Waals surface area contributed by atoms with E-state index >= 15 is 0 Å². The van der Waals surface area contributed by atoms with Crippen molar-refractivity contribution >= 4 is 37.6 Å². The van der Waals surface area contributed by atoms with E-state index in [1.165, 1.54) is 0 Å². The number of rotatable bonds is 6. The zero-order valence-electron chi connectivity index (χ0n) is 18.1. The first-order valence-corrected chi connectivity index (χ1v) is 12.4. The van der Waals surface area contributed by atoms with Crippen LogP contribution in [0.4, 0.5) is 0 Å². The molecule has 3 heteroatoms. The van der Waals surface area contributed by atoms with Gasteiger partial charge in [0.15, 0.2) is 5.78 Å². The molecule has 32 heavy (non-hydrogen) atoms. The third kappa shape index (κ3) is 4.79. The Morgan fingerprint density at radius 1 is 0.594 bits per heavy atom. The van der Waals surface area contributed by atoms with Gasteiger partial charge in [-0.05, 0) is 36.1 Å². The fourth-order valence-electron chi connectivity index (χ4n) is 3.95. The fraction of sp³-hybridized carbons (Fsp3) is 0.138. The minimum Gasteiger partial charge on any atom is -0.289 e. The molecule has 0 radical (unpaired) electrons. The predicted molar refractivity (Wildman–Crippen MR) is 140 cm³/mol. The molecule has 4 aromatic rings. The summed E-state index contributed by atoms with van der Waals surface area (Å²) in [5.74, 6) is 0.0377. The van der Waals surface area contributed by atoms with Crippen molar-refractivity contribution in [3.8, 4) is 0 Å². The number of hydrogen-bond donors (Lipinski definition) is 0. The van der Waals surface area contributed by atoms with Gasteiger partial charge in [0.25, 0.3) is 0 Å². The normalized spacial score (nSPS) is 12.9. The summed E-state index contributed by atoms with van der Waals surface area (Å²) in [7, 11) is 0. The second-order valence-corrected chi connectivity index (χ2v) is 9.89. The van der Waals surface area contributed by atoms with E-state index in [0.717, 1.165) is 44.5 Å². The SMILES string of the molecule is Cc1ccc(C(=O)c2ccc(C)cc2C(Br)c2ccccc2)c(C(Br)c2ccccc2)c1. The lowest BCUT2D eigenvalue weighted by Gasteiger charge is -2.19. The van der Waals surface area contributed by atoms with Crippen LogP contribution in [0, 0.1) is 13.8 Å². The number of aryl methyl sites for hydroxylation is 2. The maximum atomic E-state index is 13.9. The van der Waals surface area contributed by atoms with Crippen molar-refractivity contribution in [1.82, 2.24) is 0 Å². The fourth-order valence-corrected chi connectivity index (χ4v) is 5.31. The van der Waals surface area contributed by atoms with Crippen LogP contribution in [0.5, 0.6) is 0 Å². The quantitative estimate of drug-likeness (QED) is 0.175. The highest BCUT2D eigenvalue weighted by Gasteiger charge is 2.24. The lowest BCUT2D eigenvalue weighted by atomic mass is 9.89. The van der Waals surface area contributed by atoms with Crippen LogP contribution in [0.25, 0.3) is 0 Å². The summed E-state index contributed by atoms with van der Waals surface area (Å²) in [6, 6.07) is 32.6. The lowest BCUT2D eigenvalue weighted by molar-refractivity contribution is 0.103. The first kappa shape index (κ1) is 22.7. The number of carbonyl (C=O) groups is 1. The van der Waals surface area contributed by atoms with Crippen LogP contribution in [0.15, 0.2) is 97.1 Å². The molecule has 160 valence electrons. The van der Waals surface area contributed by atoms with Crippen LogP contribution in [0.3, 0.4) is 0 Å². The van der Waals surface area contributed by atoms with E-state index in [4.69, 9.17) is 0 Å². The molecule has 1 nitrogen and oxygen atoms in total. The zero-order valence-corrected chi connectivity index (χ0v) is 21.2. The number of ketones is 1. The number of halogens is 2. The molecule has 0 saturated heterocycles. The van der Waals surface area contributed by atoms with Gasteiger partial charge in [0, 0.05) is 11.1 Å². The highest BCUT2D eigenvalue weighted by atomic mass is 79.9. The summed E-state index contributed by atoms with van der Waals surface area (Å²) in [4.78, 5) is 13.8. The van der Waals surface area contributed by atoms with E-state index in [9.17, 15) is 4.79 Å². The van der Waals surface area contributed by atoms with Crippen LogP contribution in [-0.4, -0.2) is 5.78 Å². The molecule has 2 atom stereocenters. The molecule has 0 aliphatic heterocycles. The highest BCUT2D eigenvalue weighted by molar-refractivity contribution is 9.09. The van der Waals surface area contributed by atoms with Crippen LogP contribution in [0.1, 0.15) is 59.0 Å². The number of hydrogen-bond acceptors (Lipinski definition) is 1. The molecule has 0 aliphatic rings. The van der Waals surface area contributed by atoms with Gasteiger partial charge in [0.2, 0.25) is 0 Å². The molecule has 0 heterocycles. The van der Waals surface area contributed by atoms with Crippen LogP contribution in [0.2, 0.25) is 0 Å². The molecule has 0 N–H and O–H groups in total. The average Bonchev–Trinajstić information content (AvgIpc) is 2.83. The first-order chi connectivity index (χ1) is 15.5. The second-order valence-electron chi connectivity index (χ2n) is 8.06. The summed E-state index contributed by atoms with van der Waals surface area (Å²) in [6.45, 7) is 4.12. The Kier molecular flexibility index (Phi) is 7.07. The minimum absolute atomic E-state index is 0.0377. The number of carbonyl (C=O) groups excluding carboxylic acids is 1. The molecule has 0 aromatic heterocycles. The third-order valence-electron chi connectivity index (χ3n) is 5.63. The van der Waals surface area contributed by atoms with E-state index in [1.54, 1.807) is 0 Å². The monoisotopic (exact) mass is 546 g/mol.